The molecule has 0 N–H and O–H groups in total. The van der Waals surface area contributed by atoms with Crippen LogP contribution in [-0.2, 0) is 25.7 Å². The fraction of sp³-hybridized carbons (Fsp3) is 0.0930. The third kappa shape index (κ3) is 9.02. The van der Waals surface area contributed by atoms with Gasteiger partial charge >= 0.3 is 0 Å². The Morgan fingerprint density at radius 1 is 0.234 bits per heavy atom. The maximum atomic E-state index is 2.65. The minimum absolute atomic E-state index is 0.159. The lowest BCUT2D eigenvalue weighted by atomic mass is 9.30. The van der Waals surface area contributed by atoms with Crippen molar-refractivity contribution >= 4 is 149 Å². The van der Waals surface area contributed by atoms with Gasteiger partial charge in [-0.1, -0.05) is 216 Å². The number of hydrogen-bond donors (Lipinski definition) is 0. The lowest BCUT2D eigenvalue weighted by Gasteiger charge is -2.48. The van der Waals surface area contributed by atoms with Crippen LogP contribution in [0, 0.1) is 0 Å². The predicted molar refractivity (Wildman–Crippen MR) is 401 cm³/mol. The summed E-state index contributed by atoms with van der Waals surface area (Å²) in [7, 11) is 0. The van der Waals surface area contributed by atoms with Gasteiger partial charge in [0.05, 0.1) is 11.4 Å². The summed E-state index contributed by atoms with van der Waals surface area (Å²) in [6, 6.07) is 114. The SMILES string of the molecule is CCc1ccccc1N(c1cc2c3c(c1)N(c1ccccc1)c1cc4c(cc1B3c1ccccc1N2c1ccccc1)B1c2ccccc2N(c2ccccc2)c2cc(N(c3ccccc3CC)c3ccccc3CC)cc(c21)N4c1ccccc1)c1ccccc1CC. The molecule has 0 radical (unpaired) electrons. The largest absolute Gasteiger partial charge is 0.311 e. The number of para-hydroxylation sites is 10. The summed E-state index contributed by atoms with van der Waals surface area (Å²) in [6.45, 7) is 8.81. The van der Waals surface area contributed by atoms with E-state index in [1.54, 1.807) is 0 Å². The number of rotatable bonds is 14. The molecule has 17 rings (SSSR count). The van der Waals surface area contributed by atoms with E-state index in [2.05, 4.69) is 360 Å². The van der Waals surface area contributed by atoms with Crippen molar-refractivity contribution in [3.05, 3.63) is 326 Å². The van der Waals surface area contributed by atoms with Crippen LogP contribution in [-0.4, -0.2) is 13.4 Å². The van der Waals surface area contributed by atoms with Crippen LogP contribution in [0.1, 0.15) is 49.9 Å². The molecule has 4 aliphatic heterocycles. The second-order valence-electron chi connectivity index (χ2n) is 25.0. The third-order valence-electron chi connectivity index (χ3n) is 20.1. The van der Waals surface area contributed by atoms with E-state index in [0.29, 0.717) is 0 Å². The summed E-state index contributed by atoms with van der Waals surface area (Å²) >= 11 is 0. The molecule has 8 heteroatoms. The Labute approximate surface area is 553 Å². The van der Waals surface area contributed by atoms with E-state index < -0.39 is 0 Å². The molecule has 0 bridgehead atoms. The van der Waals surface area contributed by atoms with Crippen LogP contribution in [0.25, 0.3) is 0 Å². The lowest BCUT2D eigenvalue weighted by molar-refractivity contribution is 1.08. The van der Waals surface area contributed by atoms with Gasteiger partial charge in [0.2, 0.25) is 0 Å². The topological polar surface area (TPSA) is 19.4 Å². The highest BCUT2D eigenvalue weighted by molar-refractivity contribution is 7.03. The van der Waals surface area contributed by atoms with Crippen molar-refractivity contribution in [1.29, 1.82) is 0 Å². The minimum atomic E-state index is -0.159. The molecular formula is C86H70B2N6. The van der Waals surface area contributed by atoms with Crippen LogP contribution in [0.4, 0.5) is 102 Å². The first-order valence-corrected chi connectivity index (χ1v) is 33.6. The van der Waals surface area contributed by atoms with E-state index in [1.807, 2.05) is 0 Å². The van der Waals surface area contributed by atoms with E-state index in [9.17, 15) is 0 Å². The van der Waals surface area contributed by atoms with Crippen molar-refractivity contribution in [1.82, 2.24) is 0 Å². The van der Waals surface area contributed by atoms with Crippen molar-refractivity contribution in [2.24, 2.45) is 0 Å². The van der Waals surface area contributed by atoms with Crippen LogP contribution in [0.5, 0.6) is 0 Å². The highest BCUT2D eigenvalue weighted by Gasteiger charge is 2.49. The average molecular weight is 1210 g/mol. The Morgan fingerprint density at radius 2 is 0.489 bits per heavy atom. The van der Waals surface area contributed by atoms with Crippen LogP contribution in [0.2, 0.25) is 0 Å². The first kappa shape index (κ1) is 56.7. The summed E-state index contributed by atoms with van der Waals surface area (Å²) in [5.74, 6) is 0. The second kappa shape index (κ2) is 23.5. The molecule has 6 nitrogen and oxygen atoms in total. The molecule has 0 unspecified atom stereocenters. The first-order chi connectivity index (χ1) is 46.5. The Balaban J connectivity index is 1.00. The fourth-order valence-corrected chi connectivity index (χ4v) is 16.0. The molecule has 94 heavy (non-hydrogen) atoms. The van der Waals surface area contributed by atoms with Crippen LogP contribution in [0.3, 0.4) is 0 Å². The molecule has 0 fully saturated rings. The van der Waals surface area contributed by atoms with Gasteiger partial charge in [0.1, 0.15) is 0 Å². The Hall–Kier alpha value is -11.2. The van der Waals surface area contributed by atoms with Gasteiger partial charge < -0.3 is 29.4 Å². The van der Waals surface area contributed by atoms with E-state index >= 15 is 0 Å². The molecule has 0 aromatic heterocycles. The highest BCUT2D eigenvalue weighted by Crippen LogP contribution is 2.53. The summed E-state index contributed by atoms with van der Waals surface area (Å²) in [5.41, 5.74) is 33.3. The van der Waals surface area contributed by atoms with Gasteiger partial charge in [-0.25, -0.2) is 0 Å². The molecule has 13 aromatic rings. The zero-order chi connectivity index (χ0) is 63.0. The van der Waals surface area contributed by atoms with Crippen molar-refractivity contribution < 1.29 is 0 Å². The predicted octanol–water partition coefficient (Wildman–Crippen LogP) is 19.0. The number of aryl methyl sites for hydroxylation is 4. The molecule has 0 atom stereocenters. The smallest absolute Gasteiger partial charge is 0.252 e. The van der Waals surface area contributed by atoms with E-state index in [4.69, 9.17) is 0 Å². The molecule has 0 amide bonds. The van der Waals surface area contributed by atoms with Gasteiger partial charge in [-0.3, -0.25) is 0 Å². The summed E-state index contributed by atoms with van der Waals surface area (Å²) in [5, 5.41) is 0. The van der Waals surface area contributed by atoms with Gasteiger partial charge in [0, 0.05) is 91.0 Å². The van der Waals surface area contributed by atoms with E-state index in [1.165, 1.54) is 89.2 Å². The number of benzene rings is 13. The molecule has 0 aliphatic carbocycles. The van der Waals surface area contributed by atoms with Gasteiger partial charge in [-0.2, -0.15) is 0 Å². The molecule has 0 spiro atoms. The van der Waals surface area contributed by atoms with Crippen molar-refractivity contribution in [3.63, 3.8) is 0 Å². The van der Waals surface area contributed by atoms with Gasteiger partial charge in [-0.15, -0.1) is 0 Å². The minimum Gasteiger partial charge on any atom is -0.311 e. The summed E-state index contributed by atoms with van der Waals surface area (Å²) < 4.78 is 0. The van der Waals surface area contributed by atoms with Crippen LogP contribution in [0.15, 0.2) is 303 Å². The van der Waals surface area contributed by atoms with Crippen molar-refractivity contribution in [2.45, 2.75) is 53.4 Å². The number of nitrogens with zero attached hydrogens (tertiary/aromatic N) is 6. The standard InChI is InChI=1S/C86H70B2N6/c1-5-59-33-21-27-47-73(59)93(74-48-28-22-34-60(74)6-2)67-53-81-85-83(55-67)91(65-41-17-11-18-42-65)79-58-80-72(57-71(79)87(85)69-45-25-31-51-77(69)89(81)63-37-13-9-14-38-63)88-70-46-26-32-52-78(70)90(64-39-15-10-16-40-64)82-54-68(56-84(86(82)88)92(80)66-43-19-12-20-44-66)94(75-49-29-23-35-61(75)7-3)76-50-30-24-36-62(76)8-4/h9-58H,5-8H2,1-4H3. The molecule has 4 aliphatic rings. The average Bonchev–Trinajstić information content (AvgIpc) is 0.687. The zero-order valence-corrected chi connectivity index (χ0v) is 53.5. The Kier molecular flexibility index (Phi) is 14.2. The Morgan fingerprint density at radius 3 is 0.787 bits per heavy atom. The zero-order valence-electron chi connectivity index (χ0n) is 53.5. The van der Waals surface area contributed by atoms with E-state index in [-0.39, 0.29) is 13.4 Å². The van der Waals surface area contributed by atoms with Crippen LogP contribution < -0.4 is 62.2 Å². The lowest BCUT2D eigenvalue weighted by Crippen LogP contribution is -2.65. The molecule has 0 saturated heterocycles. The highest BCUT2D eigenvalue weighted by atomic mass is 15.2. The first-order valence-electron chi connectivity index (χ1n) is 33.6. The number of anilines is 18. The maximum absolute atomic E-state index is 2.65. The van der Waals surface area contributed by atoms with Gasteiger partial charge in [-0.05, 0) is 196 Å². The van der Waals surface area contributed by atoms with Crippen molar-refractivity contribution in [3.8, 4) is 0 Å². The van der Waals surface area contributed by atoms with Gasteiger partial charge in [0.15, 0.2) is 0 Å². The maximum Gasteiger partial charge on any atom is 0.252 e. The van der Waals surface area contributed by atoms with Crippen molar-refractivity contribution in [2.75, 3.05) is 29.4 Å². The monoisotopic (exact) mass is 1210 g/mol. The second-order valence-corrected chi connectivity index (χ2v) is 25.0. The molecular weight excluding hydrogens is 1140 g/mol. The normalized spacial score (nSPS) is 12.9. The summed E-state index contributed by atoms with van der Waals surface area (Å²) in [6.07, 6.45) is 3.54. The Bertz CT molecular complexity index is 4630. The molecule has 0 saturated carbocycles. The summed E-state index contributed by atoms with van der Waals surface area (Å²) in [4.78, 5) is 15.4. The van der Waals surface area contributed by atoms with Gasteiger partial charge in [0.25, 0.3) is 13.4 Å². The van der Waals surface area contributed by atoms with E-state index in [0.717, 1.165) is 93.9 Å². The molecule has 13 aromatic carbocycles. The quantitative estimate of drug-likeness (QED) is 0.100. The van der Waals surface area contributed by atoms with Crippen LogP contribution >= 0.6 is 0 Å². The number of fused-ring (bicyclic) bond motifs is 8. The fourth-order valence-electron chi connectivity index (χ4n) is 16.0. The number of hydrogen-bond acceptors (Lipinski definition) is 6. The molecule has 4 heterocycles. The third-order valence-corrected chi connectivity index (χ3v) is 20.1. The molecule has 450 valence electrons.